The SMILES string of the molecule is CC(C)(C)OC(=O)COc1ccc(C(=O)NN)cc1OCC(=O)OC(C)(C)C. The van der Waals surface area contributed by atoms with E-state index >= 15 is 0 Å². The summed E-state index contributed by atoms with van der Waals surface area (Å²) in [7, 11) is 0. The van der Waals surface area contributed by atoms with Crippen molar-refractivity contribution in [3.05, 3.63) is 23.8 Å². The molecule has 0 radical (unpaired) electrons. The first-order valence-electron chi connectivity index (χ1n) is 8.65. The average Bonchev–Trinajstić information content (AvgIpc) is 2.54. The summed E-state index contributed by atoms with van der Waals surface area (Å²) in [6, 6.07) is 4.21. The van der Waals surface area contributed by atoms with E-state index in [9.17, 15) is 14.4 Å². The number of hydrogen-bond acceptors (Lipinski definition) is 8. The second-order valence-electron chi connectivity index (χ2n) is 7.89. The van der Waals surface area contributed by atoms with Crippen molar-refractivity contribution in [3.63, 3.8) is 0 Å². The summed E-state index contributed by atoms with van der Waals surface area (Å²) in [5.41, 5.74) is 0.863. The summed E-state index contributed by atoms with van der Waals surface area (Å²) >= 11 is 0. The number of nitrogens with one attached hydrogen (secondary N) is 1. The number of benzene rings is 1. The molecule has 0 aromatic heterocycles. The fourth-order valence-electron chi connectivity index (χ4n) is 1.98. The van der Waals surface area contributed by atoms with E-state index in [0.717, 1.165) is 0 Å². The van der Waals surface area contributed by atoms with E-state index in [1.54, 1.807) is 41.5 Å². The first-order valence-corrected chi connectivity index (χ1v) is 8.65. The maximum atomic E-state index is 11.9. The fraction of sp³-hybridized carbons (Fsp3) is 0.526. The van der Waals surface area contributed by atoms with Crippen molar-refractivity contribution in [3.8, 4) is 11.5 Å². The second kappa shape index (κ2) is 9.41. The monoisotopic (exact) mass is 396 g/mol. The quantitative estimate of drug-likeness (QED) is 0.309. The molecule has 0 bridgehead atoms. The lowest BCUT2D eigenvalue weighted by molar-refractivity contribution is -0.158. The molecule has 0 aliphatic carbocycles. The third-order valence-corrected chi connectivity index (χ3v) is 2.87. The first kappa shape index (κ1) is 23.2. The number of nitrogens with two attached hydrogens (primary N) is 1. The van der Waals surface area contributed by atoms with Crippen LogP contribution in [0.3, 0.4) is 0 Å². The summed E-state index contributed by atoms with van der Waals surface area (Å²) in [6.07, 6.45) is 0. The van der Waals surface area contributed by atoms with Crippen molar-refractivity contribution >= 4 is 17.8 Å². The fourth-order valence-corrected chi connectivity index (χ4v) is 1.98. The van der Waals surface area contributed by atoms with Crippen LogP contribution in [-0.4, -0.2) is 42.3 Å². The minimum absolute atomic E-state index is 0.0792. The molecule has 1 aromatic carbocycles. The van der Waals surface area contributed by atoms with Crippen LogP contribution in [0.25, 0.3) is 0 Å². The third kappa shape index (κ3) is 8.72. The zero-order chi connectivity index (χ0) is 21.5. The van der Waals surface area contributed by atoms with E-state index < -0.39 is 35.7 Å². The molecule has 0 aliphatic rings. The molecule has 1 rings (SSSR count). The number of nitrogen functional groups attached to an aromatic ring is 1. The van der Waals surface area contributed by atoms with Crippen molar-refractivity contribution in [1.29, 1.82) is 0 Å². The highest BCUT2D eigenvalue weighted by atomic mass is 16.6. The average molecular weight is 396 g/mol. The maximum absolute atomic E-state index is 11.9. The molecule has 0 saturated carbocycles. The molecule has 0 aliphatic heterocycles. The summed E-state index contributed by atoms with van der Waals surface area (Å²) < 4.78 is 21.2. The number of hydrazine groups is 1. The molecule has 9 nitrogen and oxygen atoms in total. The predicted octanol–water partition coefficient (Wildman–Crippen LogP) is 1.73. The van der Waals surface area contributed by atoms with Gasteiger partial charge in [-0.15, -0.1) is 0 Å². The molecule has 3 N–H and O–H groups in total. The van der Waals surface area contributed by atoms with E-state index in [1.807, 2.05) is 5.43 Å². The van der Waals surface area contributed by atoms with Gasteiger partial charge in [0.1, 0.15) is 11.2 Å². The van der Waals surface area contributed by atoms with E-state index in [0.29, 0.717) is 0 Å². The number of hydrogen-bond donors (Lipinski definition) is 2. The van der Waals surface area contributed by atoms with Crippen LogP contribution in [0.15, 0.2) is 18.2 Å². The Bertz CT molecular complexity index is 718. The number of amides is 1. The number of ether oxygens (including phenoxy) is 4. The van der Waals surface area contributed by atoms with E-state index in [2.05, 4.69) is 0 Å². The van der Waals surface area contributed by atoms with Crippen LogP contribution in [0.5, 0.6) is 11.5 Å². The normalized spacial score (nSPS) is 11.4. The summed E-state index contributed by atoms with van der Waals surface area (Å²) in [5.74, 6) is 3.64. The largest absolute Gasteiger partial charge is 0.478 e. The molecule has 1 amide bonds. The summed E-state index contributed by atoms with van der Waals surface area (Å²) in [5, 5.41) is 0. The zero-order valence-electron chi connectivity index (χ0n) is 17.1. The van der Waals surface area contributed by atoms with E-state index in [4.69, 9.17) is 24.8 Å². The Kier molecular flexibility index (Phi) is 7.80. The minimum atomic E-state index is -0.669. The summed E-state index contributed by atoms with van der Waals surface area (Å²) in [6.45, 7) is 9.61. The van der Waals surface area contributed by atoms with Crippen LogP contribution in [-0.2, 0) is 19.1 Å². The standard InChI is InChI=1S/C19H28N2O7/c1-18(2,3)27-15(22)10-25-13-8-7-12(17(24)21-20)9-14(13)26-11-16(23)28-19(4,5)6/h7-9H,10-11,20H2,1-6H3,(H,21,24). The molecule has 0 unspecified atom stereocenters. The van der Waals surface area contributed by atoms with Crippen LogP contribution >= 0.6 is 0 Å². The Labute approximate surface area is 164 Å². The van der Waals surface area contributed by atoms with Crippen LogP contribution < -0.4 is 20.7 Å². The van der Waals surface area contributed by atoms with E-state index in [-0.39, 0.29) is 23.7 Å². The maximum Gasteiger partial charge on any atom is 0.344 e. The molecular formula is C19H28N2O7. The highest BCUT2D eigenvalue weighted by molar-refractivity contribution is 5.94. The first-order chi connectivity index (χ1) is 12.8. The van der Waals surface area contributed by atoms with Gasteiger partial charge in [-0.05, 0) is 59.7 Å². The lowest BCUT2D eigenvalue weighted by Gasteiger charge is -2.21. The highest BCUT2D eigenvalue weighted by Crippen LogP contribution is 2.29. The minimum Gasteiger partial charge on any atom is -0.478 e. The van der Waals surface area contributed by atoms with Crippen molar-refractivity contribution in [1.82, 2.24) is 5.43 Å². The van der Waals surface area contributed by atoms with Crippen molar-refractivity contribution in [2.24, 2.45) is 5.84 Å². The van der Waals surface area contributed by atoms with Crippen molar-refractivity contribution in [2.45, 2.75) is 52.7 Å². The predicted molar refractivity (Wildman–Crippen MR) is 101 cm³/mol. The van der Waals surface area contributed by atoms with E-state index in [1.165, 1.54) is 18.2 Å². The second-order valence-corrected chi connectivity index (χ2v) is 7.89. The molecule has 156 valence electrons. The van der Waals surface area contributed by atoms with Gasteiger partial charge in [0.15, 0.2) is 24.7 Å². The topological polar surface area (TPSA) is 126 Å². The van der Waals surface area contributed by atoms with Crippen LogP contribution in [0, 0.1) is 0 Å². The van der Waals surface area contributed by atoms with Gasteiger partial charge in [-0.25, -0.2) is 15.4 Å². The lowest BCUT2D eigenvalue weighted by Crippen LogP contribution is -2.30. The van der Waals surface area contributed by atoms with Gasteiger partial charge in [-0.2, -0.15) is 0 Å². The van der Waals surface area contributed by atoms with Gasteiger partial charge in [-0.3, -0.25) is 10.2 Å². The molecule has 0 atom stereocenters. The van der Waals surface area contributed by atoms with Crippen LogP contribution in [0.1, 0.15) is 51.9 Å². The van der Waals surface area contributed by atoms with Gasteiger partial charge in [0.05, 0.1) is 0 Å². The molecule has 0 spiro atoms. The Balaban J connectivity index is 2.91. The molecule has 0 fully saturated rings. The van der Waals surface area contributed by atoms with Crippen molar-refractivity contribution < 1.29 is 33.3 Å². The molecule has 0 saturated heterocycles. The Morgan fingerprint density at radius 1 is 0.857 bits per heavy atom. The van der Waals surface area contributed by atoms with Gasteiger partial charge in [0, 0.05) is 5.56 Å². The zero-order valence-corrected chi connectivity index (χ0v) is 17.1. The smallest absolute Gasteiger partial charge is 0.344 e. The molecule has 28 heavy (non-hydrogen) atoms. The number of carbonyl (C=O) groups is 3. The van der Waals surface area contributed by atoms with Gasteiger partial charge in [-0.1, -0.05) is 0 Å². The van der Waals surface area contributed by atoms with Gasteiger partial charge in [0.2, 0.25) is 0 Å². The Morgan fingerprint density at radius 2 is 1.32 bits per heavy atom. The highest BCUT2D eigenvalue weighted by Gasteiger charge is 2.20. The molecular weight excluding hydrogens is 368 g/mol. The lowest BCUT2D eigenvalue weighted by atomic mass is 10.2. The number of rotatable bonds is 7. The van der Waals surface area contributed by atoms with Crippen LogP contribution in [0.2, 0.25) is 0 Å². The number of carbonyl (C=O) groups excluding carboxylic acids is 3. The molecule has 0 heterocycles. The summed E-state index contributed by atoms with van der Waals surface area (Å²) in [4.78, 5) is 35.5. The number of esters is 2. The Hall–Kier alpha value is -2.81. The van der Waals surface area contributed by atoms with Gasteiger partial charge < -0.3 is 18.9 Å². The third-order valence-electron chi connectivity index (χ3n) is 2.87. The Morgan fingerprint density at radius 3 is 1.75 bits per heavy atom. The molecule has 9 heteroatoms. The molecule has 1 aromatic rings. The van der Waals surface area contributed by atoms with Gasteiger partial charge in [0.25, 0.3) is 5.91 Å². The van der Waals surface area contributed by atoms with Crippen molar-refractivity contribution in [2.75, 3.05) is 13.2 Å². The van der Waals surface area contributed by atoms with Crippen LogP contribution in [0.4, 0.5) is 0 Å². The van der Waals surface area contributed by atoms with Gasteiger partial charge >= 0.3 is 11.9 Å².